The first-order chi connectivity index (χ1) is 13.3. The number of amides is 1. The lowest BCUT2D eigenvalue weighted by atomic mass is 9.92. The number of hydrogen-bond acceptors (Lipinski definition) is 3. The maximum atomic E-state index is 12.6. The molecule has 0 radical (unpaired) electrons. The second-order valence-corrected chi connectivity index (χ2v) is 7.54. The number of nitrogens with one attached hydrogen (secondary N) is 2. The van der Waals surface area contributed by atoms with Crippen molar-refractivity contribution in [3.63, 3.8) is 0 Å². The molecule has 0 bridgehead atoms. The topological polar surface area (TPSA) is 58.0 Å². The molecule has 0 saturated heterocycles. The lowest BCUT2D eigenvalue weighted by Gasteiger charge is -2.15. The predicted molar refractivity (Wildman–Crippen MR) is 109 cm³/mol. The molecule has 0 fully saturated rings. The van der Waals surface area contributed by atoms with Gasteiger partial charge in [0.25, 0.3) is 0 Å². The summed E-state index contributed by atoms with van der Waals surface area (Å²) in [5, 5.41) is 6.24. The van der Waals surface area contributed by atoms with E-state index in [-0.39, 0.29) is 11.8 Å². The smallest absolute Gasteiger partial charge is 0.221 e. The van der Waals surface area contributed by atoms with E-state index in [0.717, 1.165) is 12.2 Å². The summed E-state index contributed by atoms with van der Waals surface area (Å²) < 4.78 is 5.30. The van der Waals surface area contributed by atoms with Gasteiger partial charge in [0, 0.05) is 34.3 Å². The van der Waals surface area contributed by atoms with Crippen LogP contribution in [0.15, 0.2) is 64.7 Å². The Morgan fingerprint density at radius 2 is 2.15 bits per heavy atom. The van der Waals surface area contributed by atoms with Crippen LogP contribution < -0.4 is 5.32 Å². The number of H-pyrrole nitrogens is 1. The highest BCUT2D eigenvalue weighted by molar-refractivity contribution is 7.10. The maximum Gasteiger partial charge on any atom is 0.221 e. The quantitative estimate of drug-likeness (QED) is 0.463. The van der Waals surface area contributed by atoms with Crippen LogP contribution >= 0.6 is 11.3 Å². The Kier molecular flexibility index (Phi) is 5.12. The molecule has 4 nitrogen and oxygen atoms in total. The zero-order valence-electron chi connectivity index (χ0n) is 15.2. The van der Waals surface area contributed by atoms with Crippen LogP contribution in [0.5, 0.6) is 0 Å². The molecule has 138 valence electrons. The van der Waals surface area contributed by atoms with E-state index in [1.165, 1.54) is 26.9 Å². The molecule has 27 heavy (non-hydrogen) atoms. The van der Waals surface area contributed by atoms with Crippen LogP contribution in [0.1, 0.15) is 41.0 Å². The van der Waals surface area contributed by atoms with Crippen molar-refractivity contribution >= 4 is 28.1 Å². The summed E-state index contributed by atoms with van der Waals surface area (Å²) in [6, 6.07) is 14.2. The summed E-state index contributed by atoms with van der Waals surface area (Å²) in [4.78, 5) is 17.3. The number of furan rings is 1. The number of aryl methyl sites for hydroxylation is 1. The molecule has 2 N–H and O–H groups in total. The Labute approximate surface area is 162 Å². The molecule has 5 heteroatoms. The lowest BCUT2D eigenvalue weighted by molar-refractivity contribution is -0.121. The van der Waals surface area contributed by atoms with E-state index in [1.807, 2.05) is 18.2 Å². The number of aromatic nitrogens is 1. The van der Waals surface area contributed by atoms with Gasteiger partial charge >= 0.3 is 0 Å². The minimum Gasteiger partial charge on any atom is -0.467 e. The standard InChI is InChI=1S/C22H22N2O2S/c1-2-15-6-3-8-17-19(14-24-22(15)17)18(20-9-5-11-27-20)12-21(25)23-13-16-7-4-10-26-16/h3-11,14,18,24H,2,12-13H2,1H3,(H,23,25). The van der Waals surface area contributed by atoms with Gasteiger partial charge in [0.1, 0.15) is 5.76 Å². The first-order valence-electron chi connectivity index (χ1n) is 9.17. The number of aromatic amines is 1. The average Bonchev–Trinajstić information content (AvgIpc) is 3.45. The molecule has 1 unspecified atom stereocenters. The summed E-state index contributed by atoms with van der Waals surface area (Å²) in [5.41, 5.74) is 3.65. The van der Waals surface area contributed by atoms with Gasteiger partial charge in [-0.3, -0.25) is 4.79 Å². The van der Waals surface area contributed by atoms with E-state index < -0.39 is 0 Å². The number of benzene rings is 1. The van der Waals surface area contributed by atoms with E-state index in [4.69, 9.17) is 4.42 Å². The Morgan fingerprint density at radius 1 is 1.22 bits per heavy atom. The molecular weight excluding hydrogens is 356 g/mol. The highest BCUT2D eigenvalue weighted by Gasteiger charge is 2.22. The second kappa shape index (κ2) is 7.84. The first kappa shape index (κ1) is 17.6. The number of fused-ring (bicyclic) bond motifs is 1. The molecule has 1 amide bonds. The summed E-state index contributed by atoms with van der Waals surface area (Å²) in [6.45, 7) is 2.57. The number of carbonyl (C=O) groups excluding carboxylic acids is 1. The van der Waals surface area contributed by atoms with Gasteiger partial charge in [-0.2, -0.15) is 0 Å². The van der Waals surface area contributed by atoms with E-state index >= 15 is 0 Å². The molecule has 3 aromatic heterocycles. The van der Waals surface area contributed by atoms with Crippen molar-refractivity contribution in [1.29, 1.82) is 0 Å². The van der Waals surface area contributed by atoms with Gasteiger partial charge in [-0.05, 0) is 41.1 Å². The second-order valence-electron chi connectivity index (χ2n) is 6.57. The highest BCUT2D eigenvalue weighted by atomic mass is 32.1. The summed E-state index contributed by atoms with van der Waals surface area (Å²) >= 11 is 1.69. The number of rotatable bonds is 7. The van der Waals surface area contributed by atoms with Crippen LogP contribution in [0.2, 0.25) is 0 Å². The van der Waals surface area contributed by atoms with Crippen molar-refractivity contribution in [3.05, 3.63) is 82.1 Å². The maximum absolute atomic E-state index is 12.6. The van der Waals surface area contributed by atoms with Gasteiger partial charge < -0.3 is 14.7 Å². The Hall–Kier alpha value is -2.79. The van der Waals surface area contributed by atoms with Crippen LogP contribution in [-0.2, 0) is 17.8 Å². The molecule has 0 aliphatic carbocycles. The van der Waals surface area contributed by atoms with Crippen molar-refractivity contribution in [2.45, 2.75) is 32.2 Å². The van der Waals surface area contributed by atoms with Gasteiger partial charge in [0.15, 0.2) is 0 Å². The summed E-state index contributed by atoms with van der Waals surface area (Å²) in [7, 11) is 0. The lowest BCUT2D eigenvalue weighted by Crippen LogP contribution is -2.24. The van der Waals surface area contributed by atoms with Crippen molar-refractivity contribution < 1.29 is 9.21 Å². The Balaban J connectivity index is 1.61. The third kappa shape index (κ3) is 3.69. The third-order valence-electron chi connectivity index (χ3n) is 4.91. The van der Waals surface area contributed by atoms with E-state index in [9.17, 15) is 4.79 Å². The Bertz CT molecular complexity index is 1020. The number of thiophene rings is 1. The molecule has 0 aliphatic heterocycles. The van der Waals surface area contributed by atoms with Crippen molar-refractivity contribution in [3.8, 4) is 0 Å². The number of hydrogen-bond donors (Lipinski definition) is 2. The molecule has 1 atom stereocenters. The van der Waals surface area contributed by atoms with Crippen molar-refractivity contribution in [1.82, 2.24) is 10.3 Å². The monoisotopic (exact) mass is 378 g/mol. The molecule has 3 heterocycles. The minimum atomic E-state index is 0.0193. The molecule has 4 aromatic rings. The third-order valence-corrected chi connectivity index (χ3v) is 5.89. The fraction of sp³-hybridized carbons (Fsp3) is 0.227. The number of para-hydroxylation sites is 1. The van der Waals surface area contributed by atoms with Gasteiger partial charge in [-0.1, -0.05) is 31.2 Å². The van der Waals surface area contributed by atoms with Crippen LogP contribution in [0.3, 0.4) is 0 Å². The largest absolute Gasteiger partial charge is 0.467 e. The SMILES string of the molecule is CCc1cccc2c(C(CC(=O)NCc3ccco3)c3cccs3)c[nH]c12. The van der Waals surface area contributed by atoms with E-state index in [1.54, 1.807) is 17.6 Å². The van der Waals surface area contributed by atoms with Crippen molar-refractivity contribution in [2.24, 2.45) is 0 Å². The van der Waals surface area contributed by atoms with Gasteiger partial charge in [0.05, 0.1) is 12.8 Å². The first-order valence-corrected chi connectivity index (χ1v) is 10.1. The molecular formula is C22H22N2O2S. The zero-order valence-corrected chi connectivity index (χ0v) is 16.0. The van der Waals surface area contributed by atoms with Crippen LogP contribution in [0.4, 0.5) is 0 Å². The van der Waals surface area contributed by atoms with Crippen LogP contribution in [0.25, 0.3) is 10.9 Å². The fourth-order valence-electron chi connectivity index (χ4n) is 3.53. The predicted octanol–water partition coefficient (Wildman–Crippen LogP) is 5.22. The van der Waals surface area contributed by atoms with E-state index in [2.05, 4.69) is 53.1 Å². The highest BCUT2D eigenvalue weighted by Crippen LogP contribution is 2.36. The summed E-state index contributed by atoms with van der Waals surface area (Å²) in [6.07, 6.45) is 5.07. The minimum absolute atomic E-state index is 0.0193. The normalized spacial score (nSPS) is 12.3. The van der Waals surface area contributed by atoms with E-state index in [0.29, 0.717) is 13.0 Å². The fourth-order valence-corrected chi connectivity index (χ4v) is 4.38. The van der Waals surface area contributed by atoms with Gasteiger partial charge in [-0.25, -0.2) is 0 Å². The van der Waals surface area contributed by atoms with Gasteiger partial charge in [0.2, 0.25) is 5.91 Å². The Morgan fingerprint density at radius 3 is 2.89 bits per heavy atom. The average molecular weight is 378 g/mol. The molecule has 0 aliphatic rings. The molecule has 1 aromatic carbocycles. The van der Waals surface area contributed by atoms with Crippen LogP contribution in [-0.4, -0.2) is 10.9 Å². The zero-order chi connectivity index (χ0) is 18.6. The molecule has 4 rings (SSSR count). The summed E-state index contributed by atoms with van der Waals surface area (Å²) in [5.74, 6) is 0.809. The number of carbonyl (C=O) groups is 1. The molecule has 0 saturated carbocycles. The van der Waals surface area contributed by atoms with Crippen LogP contribution in [0, 0.1) is 0 Å². The van der Waals surface area contributed by atoms with Gasteiger partial charge in [-0.15, -0.1) is 11.3 Å². The molecule has 0 spiro atoms. The van der Waals surface area contributed by atoms with Crippen molar-refractivity contribution in [2.75, 3.05) is 0 Å².